The van der Waals surface area contributed by atoms with Gasteiger partial charge in [-0.15, -0.1) is 0 Å². The predicted octanol–water partition coefficient (Wildman–Crippen LogP) is 6.53. The Kier molecular flexibility index (Phi) is 12.3. The van der Waals surface area contributed by atoms with Gasteiger partial charge in [-0.05, 0) is 86.3 Å². The summed E-state index contributed by atoms with van der Waals surface area (Å²) in [5.41, 5.74) is -2.65. The maximum Gasteiger partial charge on any atom is 0.324 e. The molecule has 264 valence electrons. The number of aliphatic carboxylic acids is 1. The van der Waals surface area contributed by atoms with E-state index in [1.54, 1.807) is 62.3 Å². The normalized spacial score (nSPS) is 21.2. The van der Waals surface area contributed by atoms with E-state index in [2.05, 4.69) is 0 Å². The van der Waals surface area contributed by atoms with Crippen LogP contribution >= 0.6 is 0 Å². The quantitative estimate of drug-likeness (QED) is 0.151. The Hall–Kier alpha value is -3.76. The number of benzene rings is 2. The molecule has 2 aliphatic rings. The van der Waals surface area contributed by atoms with Gasteiger partial charge in [-0.3, -0.25) is 19.2 Å². The van der Waals surface area contributed by atoms with E-state index in [9.17, 15) is 24.3 Å². The molecule has 2 aromatic carbocycles. The van der Waals surface area contributed by atoms with Gasteiger partial charge in [0.2, 0.25) is 0 Å². The molecule has 10 nitrogen and oxygen atoms in total. The zero-order valence-electron chi connectivity index (χ0n) is 29.8. The number of carbonyl (C=O) groups is 4. The molecule has 0 aromatic heterocycles. The molecule has 0 unspecified atom stereocenters. The maximum atomic E-state index is 12.7. The zero-order chi connectivity index (χ0) is 36.0. The van der Waals surface area contributed by atoms with Crippen molar-refractivity contribution in [1.82, 2.24) is 0 Å². The molecule has 48 heavy (non-hydrogen) atoms. The number of hydrogen-bond acceptors (Lipinski definition) is 9. The van der Waals surface area contributed by atoms with Gasteiger partial charge < -0.3 is 28.8 Å². The van der Waals surface area contributed by atoms with E-state index in [1.165, 1.54) is 0 Å². The van der Waals surface area contributed by atoms with Crippen molar-refractivity contribution in [3.63, 3.8) is 0 Å². The molecule has 4 rings (SSSR count). The van der Waals surface area contributed by atoms with Crippen LogP contribution in [-0.2, 0) is 56.1 Å². The van der Waals surface area contributed by atoms with E-state index in [0.29, 0.717) is 26.2 Å². The van der Waals surface area contributed by atoms with Crippen LogP contribution in [0, 0.1) is 22.7 Å². The Balaban J connectivity index is 0.000000264. The minimum Gasteiger partial charge on any atom is -0.480 e. The lowest BCUT2D eigenvalue weighted by Crippen LogP contribution is -2.40. The standard InChI is InChI=1S/C21H30O5.C17H22O5/c1-19(2,3)25-17(22)21(18(23)26-20(4,5)6)12-16(21)14-24-13-15-10-8-7-9-11-15;1-16(2,3)22-15(20)17(14(18)19)9-13(17)11-21-10-12-7-5-4-6-8-12/h7-11,16H,12-14H2,1-6H3;4-8,13H,9-11H2,1-3H3,(H,18,19)/t16-;13-,17-/m00/s1. The summed E-state index contributed by atoms with van der Waals surface area (Å²) in [5, 5.41) is 9.40. The lowest BCUT2D eigenvalue weighted by molar-refractivity contribution is -0.179. The monoisotopic (exact) mass is 668 g/mol. The third-order valence-corrected chi connectivity index (χ3v) is 7.74. The van der Waals surface area contributed by atoms with E-state index in [4.69, 9.17) is 23.7 Å². The topological polar surface area (TPSA) is 135 Å². The molecule has 0 bridgehead atoms. The second kappa shape index (κ2) is 15.2. The van der Waals surface area contributed by atoms with Crippen molar-refractivity contribution < 1.29 is 48.0 Å². The summed E-state index contributed by atoms with van der Waals surface area (Å²) >= 11 is 0. The van der Waals surface area contributed by atoms with Crippen LogP contribution in [0.3, 0.4) is 0 Å². The van der Waals surface area contributed by atoms with E-state index in [1.807, 2.05) is 60.7 Å². The maximum absolute atomic E-state index is 12.7. The Morgan fingerprint density at radius 1 is 0.583 bits per heavy atom. The number of esters is 3. The lowest BCUT2D eigenvalue weighted by atomic mass is 10.0. The first-order valence-electron chi connectivity index (χ1n) is 16.4. The van der Waals surface area contributed by atoms with Gasteiger partial charge in [0.15, 0.2) is 10.8 Å². The fourth-order valence-corrected chi connectivity index (χ4v) is 5.14. The van der Waals surface area contributed by atoms with Crippen molar-refractivity contribution in [2.45, 2.75) is 105 Å². The van der Waals surface area contributed by atoms with E-state index >= 15 is 0 Å². The Bertz CT molecular complexity index is 1370. The van der Waals surface area contributed by atoms with Gasteiger partial charge in [0, 0.05) is 11.8 Å². The van der Waals surface area contributed by atoms with Crippen LogP contribution < -0.4 is 0 Å². The second-order valence-corrected chi connectivity index (χ2v) is 15.6. The van der Waals surface area contributed by atoms with Crippen LogP contribution in [0.1, 0.15) is 86.3 Å². The van der Waals surface area contributed by atoms with Gasteiger partial charge in [-0.2, -0.15) is 0 Å². The fraction of sp³-hybridized carbons (Fsp3) is 0.579. The van der Waals surface area contributed by atoms with Gasteiger partial charge in [-0.25, -0.2) is 0 Å². The molecular weight excluding hydrogens is 616 g/mol. The van der Waals surface area contributed by atoms with E-state index < -0.39 is 51.5 Å². The lowest BCUT2D eigenvalue weighted by Gasteiger charge is -2.27. The molecule has 10 heteroatoms. The molecule has 2 aliphatic carbocycles. The molecule has 2 saturated carbocycles. The fourth-order valence-electron chi connectivity index (χ4n) is 5.14. The predicted molar refractivity (Wildman–Crippen MR) is 178 cm³/mol. The average Bonchev–Trinajstić information content (AvgIpc) is 3.86. The van der Waals surface area contributed by atoms with Crippen molar-refractivity contribution in [2.24, 2.45) is 22.7 Å². The molecular formula is C38H52O10. The van der Waals surface area contributed by atoms with Gasteiger partial charge in [0.1, 0.15) is 16.8 Å². The van der Waals surface area contributed by atoms with Gasteiger partial charge in [0.05, 0.1) is 26.4 Å². The molecule has 2 fully saturated rings. The highest BCUT2D eigenvalue weighted by Gasteiger charge is 2.69. The van der Waals surface area contributed by atoms with Gasteiger partial charge in [-0.1, -0.05) is 60.7 Å². The summed E-state index contributed by atoms with van der Waals surface area (Å²) in [6, 6.07) is 19.4. The van der Waals surface area contributed by atoms with E-state index in [0.717, 1.165) is 11.1 Å². The average molecular weight is 669 g/mol. The molecule has 0 aliphatic heterocycles. The Morgan fingerprint density at radius 3 is 1.23 bits per heavy atom. The van der Waals surface area contributed by atoms with Crippen molar-refractivity contribution in [2.75, 3.05) is 13.2 Å². The zero-order valence-corrected chi connectivity index (χ0v) is 29.8. The number of carboxylic acids is 1. The van der Waals surface area contributed by atoms with Crippen LogP contribution in [0.15, 0.2) is 60.7 Å². The summed E-state index contributed by atoms with van der Waals surface area (Å²) in [7, 11) is 0. The first-order chi connectivity index (χ1) is 22.2. The molecule has 2 aromatic rings. The number of hydrogen-bond donors (Lipinski definition) is 1. The summed E-state index contributed by atoms with van der Waals surface area (Å²) in [4.78, 5) is 49.1. The first kappa shape index (κ1) is 38.7. The number of carbonyl (C=O) groups excluding carboxylic acids is 3. The Labute approximate surface area is 284 Å². The highest BCUT2D eigenvalue weighted by Crippen LogP contribution is 2.56. The summed E-state index contributed by atoms with van der Waals surface area (Å²) in [6.07, 6.45) is 0.664. The second-order valence-electron chi connectivity index (χ2n) is 15.6. The molecule has 0 heterocycles. The van der Waals surface area contributed by atoms with Crippen LogP contribution in [-0.4, -0.2) is 59.0 Å². The molecule has 1 N–H and O–H groups in total. The van der Waals surface area contributed by atoms with Gasteiger partial charge in [0.25, 0.3) is 0 Å². The van der Waals surface area contributed by atoms with Crippen LogP contribution in [0.5, 0.6) is 0 Å². The SMILES string of the molecule is CC(C)(C)OC(=O)C1(C(=O)OC(C)(C)C)C[C@H]1COCc1ccccc1.CC(C)(C)OC(=O)[C@@]1(C(=O)O)C[C@H]1COCc1ccccc1. The minimum absolute atomic E-state index is 0.226. The highest BCUT2D eigenvalue weighted by atomic mass is 16.6. The third-order valence-electron chi connectivity index (χ3n) is 7.74. The molecule has 3 atom stereocenters. The third kappa shape index (κ3) is 10.9. The molecule has 0 radical (unpaired) electrons. The van der Waals surface area contributed by atoms with Crippen LogP contribution in [0.25, 0.3) is 0 Å². The summed E-state index contributed by atoms with van der Waals surface area (Å²) in [6.45, 7) is 17.3. The van der Waals surface area contributed by atoms with Crippen LogP contribution in [0.4, 0.5) is 0 Å². The largest absolute Gasteiger partial charge is 0.480 e. The number of carboxylic acid groups (broad SMARTS) is 1. The highest BCUT2D eigenvalue weighted by molar-refractivity contribution is 6.04. The molecule has 0 saturated heterocycles. The molecule has 0 spiro atoms. The van der Waals surface area contributed by atoms with Crippen molar-refractivity contribution >= 4 is 23.9 Å². The number of ether oxygens (including phenoxy) is 5. The van der Waals surface area contributed by atoms with E-state index in [-0.39, 0.29) is 24.9 Å². The minimum atomic E-state index is -1.44. The smallest absolute Gasteiger partial charge is 0.324 e. The van der Waals surface area contributed by atoms with Gasteiger partial charge >= 0.3 is 23.9 Å². The van der Waals surface area contributed by atoms with Crippen molar-refractivity contribution in [3.05, 3.63) is 71.8 Å². The number of rotatable bonds is 12. The molecule has 0 amide bonds. The van der Waals surface area contributed by atoms with Crippen LogP contribution in [0.2, 0.25) is 0 Å². The van der Waals surface area contributed by atoms with Crippen molar-refractivity contribution in [3.8, 4) is 0 Å². The summed E-state index contributed by atoms with van der Waals surface area (Å²) in [5.74, 6) is -3.39. The first-order valence-corrected chi connectivity index (χ1v) is 16.4. The Morgan fingerprint density at radius 2 is 0.896 bits per heavy atom. The van der Waals surface area contributed by atoms with Crippen molar-refractivity contribution in [1.29, 1.82) is 0 Å². The summed E-state index contributed by atoms with van der Waals surface area (Å²) < 4.78 is 27.5.